The lowest BCUT2D eigenvalue weighted by atomic mass is 9.91. The number of rotatable bonds is 9. The lowest BCUT2D eigenvalue weighted by Crippen LogP contribution is -2.49. The van der Waals surface area contributed by atoms with Gasteiger partial charge in [0.05, 0.1) is 6.61 Å². The first-order valence-corrected chi connectivity index (χ1v) is 8.76. The fourth-order valence-corrected chi connectivity index (χ4v) is 2.60. The van der Waals surface area contributed by atoms with Crippen molar-refractivity contribution in [1.82, 2.24) is 5.32 Å². The second-order valence-corrected chi connectivity index (χ2v) is 6.52. The van der Waals surface area contributed by atoms with Crippen LogP contribution >= 0.6 is 0 Å². The van der Waals surface area contributed by atoms with Crippen molar-refractivity contribution in [3.63, 3.8) is 0 Å². The molecular formula is C21H22FNO5. The number of benzene rings is 2. The predicted molar refractivity (Wildman–Crippen MR) is 101 cm³/mol. The number of ketones is 1. The maximum atomic E-state index is 13.1. The Hall–Kier alpha value is -3.22. The summed E-state index contributed by atoms with van der Waals surface area (Å²) in [7, 11) is 0. The molecule has 0 spiro atoms. The van der Waals surface area contributed by atoms with Gasteiger partial charge in [-0.05, 0) is 50.1 Å². The molecule has 0 aliphatic rings. The smallest absolute Gasteiger partial charge is 0.333 e. The fourth-order valence-electron chi connectivity index (χ4n) is 2.60. The van der Waals surface area contributed by atoms with E-state index in [2.05, 4.69) is 5.32 Å². The minimum Gasteiger partial charge on any atom is -0.494 e. The first kappa shape index (κ1) is 21.1. The molecule has 28 heavy (non-hydrogen) atoms. The number of halogens is 1. The van der Waals surface area contributed by atoms with Gasteiger partial charge in [0.2, 0.25) is 5.91 Å². The van der Waals surface area contributed by atoms with Crippen LogP contribution in [0.25, 0.3) is 0 Å². The number of carboxylic acids is 1. The molecule has 2 aromatic rings. The highest BCUT2D eigenvalue weighted by molar-refractivity contribution is 5.94. The quantitative estimate of drug-likeness (QED) is 0.509. The number of aliphatic carboxylic acids is 1. The second-order valence-electron chi connectivity index (χ2n) is 6.52. The van der Waals surface area contributed by atoms with Gasteiger partial charge < -0.3 is 15.2 Å². The standard InChI is InChI=1S/C21H22FNO5/c1-14(24)15-5-3-6-18(13-15)28-12-4-7-19(25)23-21(2,20(26)27)16-8-10-17(22)11-9-16/h3,5-6,8-11,13H,4,7,12H2,1-2H3,(H,23,25)(H,26,27). The Morgan fingerprint density at radius 1 is 1.14 bits per heavy atom. The molecule has 2 rings (SSSR count). The van der Waals surface area contributed by atoms with Crippen LogP contribution in [-0.2, 0) is 15.1 Å². The minimum atomic E-state index is -1.67. The Morgan fingerprint density at radius 2 is 1.82 bits per heavy atom. The van der Waals surface area contributed by atoms with Crippen molar-refractivity contribution in [2.24, 2.45) is 0 Å². The third-order valence-corrected chi connectivity index (χ3v) is 4.30. The monoisotopic (exact) mass is 387 g/mol. The SMILES string of the molecule is CC(=O)c1cccc(OCCCC(=O)NC(C)(C(=O)O)c2ccc(F)cc2)c1. The Bertz CT molecular complexity index is 865. The van der Waals surface area contributed by atoms with E-state index < -0.39 is 23.2 Å². The van der Waals surface area contributed by atoms with Crippen LogP contribution in [0.1, 0.15) is 42.6 Å². The molecule has 0 saturated carbocycles. The molecule has 0 fully saturated rings. The van der Waals surface area contributed by atoms with Gasteiger partial charge in [-0.15, -0.1) is 0 Å². The van der Waals surface area contributed by atoms with Crippen molar-refractivity contribution in [2.45, 2.75) is 32.2 Å². The average Bonchev–Trinajstić information content (AvgIpc) is 2.65. The molecule has 0 aliphatic carbocycles. The summed E-state index contributed by atoms with van der Waals surface area (Å²) in [6.07, 6.45) is 0.408. The third-order valence-electron chi connectivity index (χ3n) is 4.30. The molecule has 1 atom stereocenters. The molecule has 148 valence electrons. The summed E-state index contributed by atoms with van der Waals surface area (Å²) in [4.78, 5) is 35.3. The topological polar surface area (TPSA) is 92.7 Å². The highest BCUT2D eigenvalue weighted by atomic mass is 19.1. The highest BCUT2D eigenvalue weighted by Gasteiger charge is 2.36. The van der Waals surface area contributed by atoms with Crippen LogP contribution in [-0.4, -0.2) is 29.4 Å². The molecule has 0 aromatic heterocycles. The number of amides is 1. The van der Waals surface area contributed by atoms with Crippen molar-refractivity contribution < 1.29 is 28.6 Å². The highest BCUT2D eigenvalue weighted by Crippen LogP contribution is 2.22. The summed E-state index contributed by atoms with van der Waals surface area (Å²) in [5.74, 6) is -1.75. The summed E-state index contributed by atoms with van der Waals surface area (Å²) < 4.78 is 18.6. The maximum absolute atomic E-state index is 13.1. The minimum absolute atomic E-state index is 0.0520. The van der Waals surface area contributed by atoms with E-state index in [1.54, 1.807) is 24.3 Å². The maximum Gasteiger partial charge on any atom is 0.333 e. The molecule has 0 aliphatic heterocycles. The molecule has 1 unspecified atom stereocenters. The van der Waals surface area contributed by atoms with Gasteiger partial charge in [0.25, 0.3) is 0 Å². The zero-order chi connectivity index (χ0) is 20.7. The lowest BCUT2D eigenvalue weighted by molar-refractivity contribution is -0.147. The van der Waals surface area contributed by atoms with Crippen LogP contribution in [0.15, 0.2) is 48.5 Å². The molecular weight excluding hydrogens is 365 g/mol. The summed E-state index contributed by atoms with van der Waals surface area (Å²) in [5, 5.41) is 12.0. The van der Waals surface area contributed by atoms with Crippen molar-refractivity contribution in [3.05, 3.63) is 65.5 Å². The van der Waals surface area contributed by atoms with Crippen LogP contribution in [0.2, 0.25) is 0 Å². The number of carbonyl (C=O) groups is 3. The van der Waals surface area contributed by atoms with Crippen LogP contribution < -0.4 is 10.1 Å². The van der Waals surface area contributed by atoms with Crippen LogP contribution in [0.3, 0.4) is 0 Å². The zero-order valence-electron chi connectivity index (χ0n) is 15.7. The van der Waals surface area contributed by atoms with Gasteiger partial charge in [-0.1, -0.05) is 24.3 Å². The van der Waals surface area contributed by atoms with Crippen LogP contribution in [0, 0.1) is 5.82 Å². The van der Waals surface area contributed by atoms with Gasteiger partial charge in [0.15, 0.2) is 11.3 Å². The number of ether oxygens (including phenoxy) is 1. The van der Waals surface area contributed by atoms with Crippen molar-refractivity contribution in [1.29, 1.82) is 0 Å². The van der Waals surface area contributed by atoms with E-state index >= 15 is 0 Å². The molecule has 2 aromatic carbocycles. The largest absolute Gasteiger partial charge is 0.494 e. The summed E-state index contributed by atoms with van der Waals surface area (Å²) in [5.41, 5.74) is -0.861. The Balaban J connectivity index is 1.90. The number of carboxylic acid groups (broad SMARTS) is 1. The number of carbonyl (C=O) groups excluding carboxylic acids is 2. The van der Waals surface area contributed by atoms with Crippen molar-refractivity contribution in [3.8, 4) is 5.75 Å². The fraction of sp³-hybridized carbons (Fsp3) is 0.286. The Kier molecular flexibility index (Phi) is 6.87. The lowest BCUT2D eigenvalue weighted by Gasteiger charge is -2.27. The number of Topliss-reactive ketones (excluding diaryl/α,β-unsaturated/α-hetero) is 1. The van der Waals surface area contributed by atoms with Gasteiger partial charge >= 0.3 is 5.97 Å². The van der Waals surface area contributed by atoms with Gasteiger partial charge in [0.1, 0.15) is 11.6 Å². The molecule has 0 heterocycles. The first-order valence-electron chi connectivity index (χ1n) is 8.76. The van der Waals surface area contributed by atoms with Crippen molar-refractivity contribution in [2.75, 3.05) is 6.61 Å². The summed E-state index contributed by atoms with van der Waals surface area (Å²) >= 11 is 0. The molecule has 0 saturated heterocycles. The van der Waals surface area contributed by atoms with Gasteiger partial charge in [-0.2, -0.15) is 0 Å². The van der Waals surface area contributed by atoms with E-state index in [1.165, 1.54) is 26.0 Å². The first-order chi connectivity index (χ1) is 13.2. The Morgan fingerprint density at radius 3 is 2.43 bits per heavy atom. The summed E-state index contributed by atoms with van der Waals surface area (Å²) in [6, 6.07) is 11.7. The van der Waals surface area contributed by atoms with E-state index in [1.807, 2.05) is 0 Å². The van der Waals surface area contributed by atoms with E-state index in [0.717, 1.165) is 12.1 Å². The van der Waals surface area contributed by atoms with E-state index in [-0.39, 0.29) is 24.4 Å². The third kappa shape index (κ3) is 5.39. The molecule has 0 radical (unpaired) electrons. The zero-order valence-corrected chi connectivity index (χ0v) is 15.7. The van der Waals surface area contributed by atoms with Crippen LogP contribution in [0.4, 0.5) is 4.39 Å². The average molecular weight is 387 g/mol. The molecule has 1 amide bonds. The van der Waals surface area contributed by atoms with E-state index in [0.29, 0.717) is 17.7 Å². The van der Waals surface area contributed by atoms with Gasteiger partial charge in [-0.3, -0.25) is 9.59 Å². The molecule has 6 nitrogen and oxygen atoms in total. The summed E-state index contributed by atoms with van der Waals surface area (Å²) in [6.45, 7) is 3.05. The number of nitrogens with one attached hydrogen (secondary N) is 1. The number of hydrogen-bond acceptors (Lipinski definition) is 4. The molecule has 0 bridgehead atoms. The number of hydrogen-bond donors (Lipinski definition) is 2. The predicted octanol–water partition coefficient (Wildman–Crippen LogP) is 3.30. The second kappa shape index (κ2) is 9.12. The van der Waals surface area contributed by atoms with Crippen molar-refractivity contribution >= 4 is 17.7 Å². The van der Waals surface area contributed by atoms with Gasteiger partial charge in [-0.25, -0.2) is 9.18 Å². The molecule has 7 heteroatoms. The van der Waals surface area contributed by atoms with E-state index in [9.17, 15) is 23.9 Å². The van der Waals surface area contributed by atoms with Gasteiger partial charge in [0, 0.05) is 12.0 Å². The Labute approximate surface area is 162 Å². The van der Waals surface area contributed by atoms with Crippen LogP contribution in [0.5, 0.6) is 5.75 Å². The molecule has 2 N–H and O–H groups in total. The van der Waals surface area contributed by atoms with E-state index in [4.69, 9.17) is 4.74 Å². The normalized spacial score (nSPS) is 12.7.